The van der Waals surface area contributed by atoms with Gasteiger partial charge in [0.1, 0.15) is 11.3 Å². The Balaban J connectivity index is 1.97. The van der Waals surface area contributed by atoms with Gasteiger partial charge in [0.25, 0.3) is 5.22 Å². The minimum Gasteiger partial charge on any atom is -0.431 e. The van der Waals surface area contributed by atoms with Crippen molar-refractivity contribution in [3.63, 3.8) is 0 Å². The van der Waals surface area contributed by atoms with Crippen LogP contribution in [0.15, 0.2) is 39.1 Å². The van der Waals surface area contributed by atoms with Crippen LogP contribution in [0, 0.1) is 6.92 Å². The SMILES string of the molecule is Cc1nnc(Sc2nc3ccccc3o2)n1N. The van der Waals surface area contributed by atoms with Crippen molar-refractivity contribution in [2.24, 2.45) is 0 Å². The molecule has 0 fully saturated rings. The Morgan fingerprint density at radius 3 is 2.82 bits per heavy atom. The van der Waals surface area contributed by atoms with Crippen LogP contribution in [0.3, 0.4) is 0 Å². The first kappa shape index (κ1) is 10.2. The predicted octanol–water partition coefficient (Wildman–Crippen LogP) is 1.59. The fourth-order valence-corrected chi connectivity index (χ4v) is 2.14. The second-order valence-corrected chi connectivity index (χ2v) is 4.37. The lowest BCUT2D eigenvalue weighted by Crippen LogP contribution is -2.11. The minimum absolute atomic E-state index is 0.505. The fraction of sp³-hybridized carbons (Fsp3) is 0.100. The summed E-state index contributed by atoms with van der Waals surface area (Å²) < 4.78 is 6.95. The molecule has 2 N–H and O–H groups in total. The average Bonchev–Trinajstić information content (AvgIpc) is 2.87. The van der Waals surface area contributed by atoms with Gasteiger partial charge in [0, 0.05) is 11.8 Å². The van der Waals surface area contributed by atoms with Gasteiger partial charge in [-0.1, -0.05) is 12.1 Å². The molecule has 0 spiro atoms. The van der Waals surface area contributed by atoms with Gasteiger partial charge in [-0.05, 0) is 19.1 Å². The van der Waals surface area contributed by atoms with Crippen molar-refractivity contribution in [3.8, 4) is 0 Å². The number of rotatable bonds is 2. The summed E-state index contributed by atoms with van der Waals surface area (Å²) in [6.07, 6.45) is 0. The highest BCUT2D eigenvalue weighted by atomic mass is 32.2. The lowest BCUT2D eigenvalue weighted by Gasteiger charge is -1.96. The van der Waals surface area contributed by atoms with Gasteiger partial charge < -0.3 is 10.3 Å². The third kappa shape index (κ3) is 1.74. The number of aryl methyl sites for hydroxylation is 1. The van der Waals surface area contributed by atoms with Crippen molar-refractivity contribution in [2.45, 2.75) is 17.3 Å². The number of fused-ring (bicyclic) bond motifs is 1. The molecule has 0 saturated carbocycles. The lowest BCUT2D eigenvalue weighted by atomic mass is 10.3. The molecule has 0 unspecified atom stereocenters. The van der Waals surface area contributed by atoms with E-state index in [0.29, 0.717) is 16.2 Å². The Morgan fingerprint density at radius 2 is 2.12 bits per heavy atom. The van der Waals surface area contributed by atoms with Crippen LogP contribution < -0.4 is 5.84 Å². The van der Waals surface area contributed by atoms with E-state index in [1.165, 1.54) is 16.4 Å². The van der Waals surface area contributed by atoms with Crippen LogP contribution in [0.4, 0.5) is 0 Å². The number of para-hydroxylation sites is 2. The number of nitrogen functional groups attached to an aromatic ring is 1. The van der Waals surface area contributed by atoms with E-state index in [2.05, 4.69) is 15.2 Å². The molecule has 0 atom stereocenters. The van der Waals surface area contributed by atoms with Crippen molar-refractivity contribution < 1.29 is 4.42 Å². The van der Waals surface area contributed by atoms with Crippen molar-refractivity contribution in [1.82, 2.24) is 19.9 Å². The summed E-state index contributed by atoms with van der Waals surface area (Å²) in [6.45, 7) is 1.78. The number of aromatic nitrogens is 4. The molecule has 0 bridgehead atoms. The topological polar surface area (TPSA) is 82.8 Å². The van der Waals surface area contributed by atoms with Crippen LogP contribution >= 0.6 is 11.8 Å². The van der Waals surface area contributed by atoms with Gasteiger partial charge in [-0.15, -0.1) is 10.2 Å². The number of hydrogen-bond donors (Lipinski definition) is 1. The molecule has 0 aliphatic rings. The second-order valence-electron chi connectivity index (χ2n) is 3.45. The van der Waals surface area contributed by atoms with Crippen LogP contribution in [-0.4, -0.2) is 19.9 Å². The molecule has 0 saturated heterocycles. The largest absolute Gasteiger partial charge is 0.431 e. The molecule has 0 aliphatic heterocycles. The highest BCUT2D eigenvalue weighted by molar-refractivity contribution is 7.99. The van der Waals surface area contributed by atoms with Gasteiger partial charge in [-0.25, -0.2) is 9.66 Å². The van der Waals surface area contributed by atoms with E-state index in [0.717, 1.165) is 11.1 Å². The smallest absolute Gasteiger partial charge is 0.264 e. The zero-order valence-corrected chi connectivity index (χ0v) is 9.81. The van der Waals surface area contributed by atoms with Gasteiger partial charge in [0.15, 0.2) is 5.58 Å². The maximum Gasteiger partial charge on any atom is 0.264 e. The standard InChI is InChI=1S/C10H9N5OS/c1-6-13-14-9(15(6)11)17-10-12-7-4-2-3-5-8(7)16-10/h2-5H,11H2,1H3. The van der Waals surface area contributed by atoms with Crippen LogP contribution in [0.2, 0.25) is 0 Å². The summed E-state index contributed by atoms with van der Waals surface area (Å²) in [7, 11) is 0. The first-order valence-corrected chi connectivity index (χ1v) is 5.76. The number of oxazole rings is 1. The van der Waals surface area contributed by atoms with Gasteiger partial charge in [-0.3, -0.25) is 0 Å². The van der Waals surface area contributed by atoms with E-state index in [-0.39, 0.29) is 0 Å². The number of hydrogen-bond acceptors (Lipinski definition) is 6. The maximum absolute atomic E-state index is 5.75. The summed E-state index contributed by atoms with van der Waals surface area (Å²) in [5, 5.41) is 8.85. The predicted molar refractivity (Wildman–Crippen MR) is 63.0 cm³/mol. The van der Waals surface area contributed by atoms with Crippen LogP contribution in [0.1, 0.15) is 5.82 Å². The molecule has 17 heavy (non-hydrogen) atoms. The lowest BCUT2D eigenvalue weighted by molar-refractivity contribution is 0.488. The Morgan fingerprint density at radius 1 is 1.29 bits per heavy atom. The number of nitrogens with two attached hydrogens (primary N) is 1. The number of nitrogens with zero attached hydrogens (tertiary/aromatic N) is 4. The van der Waals surface area contributed by atoms with Crippen molar-refractivity contribution in [2.75, 3.05) is 5.84 Å². The number of benzene rings is 1. The van der Waals surface area contributed by atoms with E-state index in [1.807, 2.05) is 24.3 Å². The van der Waals surface area contributed by atoms with Crippen LogP contribution in [-0.2, 0) is 0 Å². The molecule has 2 heterocycles. The Hall–Kier alpha value is -2.02. The third-order valence-corrected chi connectivity index (χ3v) is 3.10. The average molecular weight is 247 g/mol. The summed E-state index contributed by atoms with van der Waals surface area (Å²) in [5.74, 6) is 6.39. The van der Waals surface area contributed by atoms with Gasteiger partial charge in [-0.2, -0.15) is 0 Å². The Kier molecular flexibility index (Phi) is 2.25. The Bertz CT molecular complexity index is 641. The fourth-order valence-electron chi connectivity index (χ4n) is 1.39. The normalized spacial score (nSPS) is 11.1. The first-order chi connectivity index (χ1) is 8.24. The van der Waals surface area contributed by atoms with E-state index < -0.39 is 0 Å². The van der Waals surface area contributed by atoms with Crippen LogP contribution in [0.5, 0.6) is 0 Å². The second kappa shape index (κ2) is 3.77. The summed E-state index contributed by atoms with van der Waals surface area (Å²) >= 11 is 1.25. The van der Waals surface area contributed by atoms with Crippen molar-refractivity contribution in [3.05, 3.63) is 30.1 Å². The molecule has 3 aromatic rings. The van der Waals surface area contributed by atoms with Crippen molar-refractivity contribution in [1.29, 1.82) is 0 Å². The van der Waals surface area contributed by atoms with Crippen LogP contribution in [0.25, 0.3) is 11.1 Å². The molecule has 0 aliphatic carbocycles. The van der Waals surface area contributed by atoms with Gasteiger partial charge in [0.05, 0.1) is 0 Å². The van der Waals surface area contributed by atoms with Gasteiger partial charge in [0.2, 0.25) is 5.16 Å². The monoisotopic (exact) mass is 247 g/mol. The maximum atomic E-state index is 5.75. The van der Waals surface area contributed by atoms with Crippen molar-refractivity contribution >= 4 is 22.9 Å². The molecule has 6 nitrogen and oxygen atoms in total. The molecule has 0 radical (unpaired) electrons. The summed E-state index contributed by atoms with van der Waals surface area (Å²) in [5.41, 5.74) is 1.56. The summed E-state index contributed by atoms with van der Waals surface area (Å²) in [4.78, 5) is 4.32. The molecule has 2 aromatic heterocycles. The quantitative estimate of drug-likeness (QED) is 0.692. The molecule has 1 aromatic carbocycles. The van der Waals surface area contributed by atoms with E-state index >= 15 is 0 Å². The minimum atomic E-state index is 0.505. The molecule has 3 rings (SSSR count). The molecule has 0 amide bonds. The first-order valence-electron chi connectivity index (χ1n) is 4.94. The molecular weight excluding hydrogens is 238 g/mol. The van der Waals surface area contributed by atoms with E-state index in [4.69, 9.17) is 10.3 Å². The summed E-state index contributed by atoms with van der Waals surface area (Å²) in [6, 6.07) is 7.57. The molecular formula is C10H9N5OS. The van der Waals surface area contributed by atoms with E-state index in [1.54, 1.807) is 6.92 Å². The Labute approximate surface area is 101 Å². The molecule has 7 heteroatoms. The zero-order valence-electron chi connectivity index (χ0n) is 8.99. The van der Waals surface area contributed by atoms with E-state index in [9.17, 15) is 0 Å². The molecule has 86 valence electrons. The highest BCUT2D eigenvalue weighted by Crippen LogP contribution is 2.27. The highest BCUT2D eigenvalue weighted by Gasteiger charge is 2.12. The third-order valence-electron chi connectivity index (χ3n) is 2.29. The van der Waals surface area contributed by atoms with Gasteiger partial charge >= 0.3 is 0 Å². The zero-order chi connectivity index (χ0) is 11.8.